The molecule has 0 spiro atoms. The second-order valence-electron chi connectivity index (χ2n) is 5.71. The molecule has 3 nitrogen and oxygen atoms in total. The van der Waals surface area contributed by atoms with E-state index in [1.54, 1.807) is 20.8 Å². The minimum atomic E-state index is -2.94. The van der Waals surface area contributed by atoms with Gasteiger partial charge in [0, 0.05) is 6.54 Å². The van der Waals surface area contributed by atoms with Gasteiger partial charge in [0.2, 0.25) is 0 Å². The highest BCUT2D eigenvalue weighted by Gasteiger charge is 2.43. The molecular weight excluding hydrogens is 210 g/mol. The Labute approximate surface area is 93.6 Å². The molecule has 0 aliphatic heterocycles. The van der Waals surface area contributed by atoms with Gasteiger partial charge >= 0.3 is 0 Å². The molecule has 90 valence electrons. The molecule has 15 heavy (non-hydrogen) atoms. The molecule has 0 aromatic rings. The van der Waals surface area contributed by atoms with Crippen LogP contribution in [-0.4, -0.2) is 32.5 Å². The molecule has 0 unspecified atom stereocenters. The minimum Gasteiger partial charge on any atom is -0.319 e. The molecule has 1 aliphatic carbocycles. The van der Waals surface area contributed by atoms with Gasteiger partial charge in [-0.25, -0.2) is 8.42 Å². The zero-order chi connectivity index (χ0) is 11.7. The van der Waals surface area contributed by atoms with Crippen molar-refractivity contribution in [2.75, 3.05) is 19.3 Å². The Kier molecular flexibility index (Phi) is 3.51. The summed E-state index contributed by atoms with van der Waals surface area (Å²) >= 11 is 0. The van der Waals surface area contributed by atoms with E-state index in [1.807, 2.05) is 7.05 Å². The van der Waals surface area contributed by atoms with Gasteiger partial charge in [0.05, 0.1) is 10.5 Å². The lowest BCUT2D eigenvalue weighted by Gasteiger charge is -2.21. The smallest absolute Gasteiger partial charge is 0.155 e. The highest BCUT2D eigenvalue weighted by Crippen LogP contribution is 2.48. The van der Waals surface area contributed by atoms with Gasteiger partial charge in [0.1, 0.15) is 0 Å². The van der Waals surface area contributed by atoms with E-state index >= 15 is 0 Å². The van der Waals surface area contributed by atoms with Gasteiger partial charge in [-0.2, -0.15) is 0 Å². The fourth-order valence-corrected chi connectivity index (χ4v) is 3.04. The van der Waals surface area contributed by atoms with Gasteiger partial charge < -0.3 is 5.32 Å². The molecule has 1 rings (SSSR count). The monoisotopic (exact) mass is 233 g/mol. The molecule has 0 atom stereocenters. The van der Waals surface area contributed by atoms with E-state index < -0.39 is 14.6 Å². The van der Waals surface area contributed by atoms with Crippen LogP contribution >= 0.6 is 0 Å². The Morgan fingerprint density at radius 2 is 1.80 bits per heavy atom. The van der Waals surface area contributed by atoms with Crippen LogP contribution in [0.1, 0.15) is 40.0 Å². The lowest BCUT2D eigenvalue weighted by Crippen LogP contribution is -2.32. The van der Waals surface area contributed by atoms with Crippen LogP contribution in [0.25, 0.3) is 0 Å². The lowest BCUT2D eigenvalue weighted by atomic mass is 10.0. The molecule has 0 saturated heterocycles. The fraction of sp³-hybridized carbons (Fsp3) is 1.00. The molecule has 1 saturated carbocycles. The summed E-state index contributed by atoms with van der Waals surface area (Å²) in [5.41, 5.74) is 0.285. The zero-order valence-corrected chi connectivity index (χ0v) is 11.1. The summed E-state index contributed by atoms with van der Waals surface area (Å²) in [5.74, 6) is 0.332. The Balaban J connectivity index is 2.51. The van der Waals surface area contributed by atoms with Crippen LogP contribution in [-0.2, 0) is 9.84 Å². The summed E-state index contributed by atoms with van der Waals surface area (Å²) in [7, 11) is -1.01. The van der Waals surface area contributed by atoms with Crippen molar-refractivity contribution in [2.45, 2.75) is 44.8 Å². The van der Waals surface area contributed by atoms with E-state index in [9.17, 15) is 8.42 Å². The second-order valence-corrected chi connectivity index (χ2v) is 8.57. The summed E-state index contributed by atoms with van der Waals surface area (Å²) in [6.07, 6.45) is 3.16. The second kappa shape index (κ2) is 4.06. The third kappa shape index (κ3) is 3.18. The average molecular weight is 233 g/mol. The molecule has 1 N–H and O–H groups in total. The number of hydrogen-bond acceptors (Lipinski definition) is 3. The molecule has 0 aromatic carbocycles. The third-order valence-electron chi connectivity index (χ3n) is 3.34. The number of nitrogens with one attached hydrogen (secondary N) is 1. The van der Waals surface area contributed by atoms with Crippen LogP contribution in [0.15, 0.2) is 0 Å². The van der Waals surface area contributed by atoms with E-state index in [-0.39, 0.29) is 5.41 Å². The molecule has 4 heteroatoms. The first-order chi connectivity index (χ1) is 6.72. The topological polar surface area (TPSA) is 46.2 Å². The average Bonchev–Trinajstić information content (AvgIpc) is 2.81. The number of hydrogen-bond donors (Lipinski definition) is 1. The molecule has 0 aromatic heterocycles. The first-order valence-corrected chi connectivity index (χ1v) is 7.25. The van der Waals surface area contributed by atoms with E-state index in [1.165, 1.54) is 12.8 Å². The fourth-order valence-electron chi connectivity index (χ4n) is 1.72. The predicted octanol–water partition coefficient (Wildman–Crippen LogP) is 1.59. The van der Waals surface area contributed by atoms with Gasteiger partial charge in [-0.15, -0.1) is 0 Å². The summed E-state index contributed by atoms with van der Waals surface area (Å²) in [6.45, 7) is 6.28. The van der Waals surface area contributed by atoms with Gasteiger partial charge in [-0.1, -0.05) is 0 Å². The van der Waals surface area contributed by atoms with Crippen molar-refractivity contribution in [3.8, 4) is 0 Å². The minimum absolute atomic E-state index is 0.285. The highest BCUT2D eigenvalue weighted by atomic mass is 32.2. The van der Waals surface area contributed by atoms with E-state index in [0.29, 0.717) is 5.75 Å². The number of rotatable bonds is 5. The summed E-state index contributed by atoms with van der Waals surface area (Å²) < 4.78 is 23.2. The van der Waals surface area contributed by atoms with Crippen molar-refractivity contribution in [3.05, 3.63) is 0 Å². The van der Waals surface area contributed by atoms with Crippen LogP contribution in [0, 0.1) is 5.41 Å². The van der Waals surface area contributed by atoms with E-state index in [2.05, 4.69) is 5.32 Å². The van der Waals surface area contributed by atoms with Crippen molar-refractivity contribution >= 4 is 9.84 Å². The first-order valence-electron chi connectivity index (χ1n) is 5.59. The maximum absolute atomic E-state index is 11.9. The van der Waals surface area contributed by atoms with Crippen LogP contribution in [0.4, 0.5) is 0 Å². The van der Waals surface area contributed by atoms with Crippen molar-refractivity contribution in [1.82, 2.24) is 5.32 Å². The Morgan fingerprint density at radius 3 is 2.13 bits per heavy atom. The largest absolute Gasteiger partial charge is 0.319 e. The molecule has 0 bridgehead atoms. The summed E-state index contributed by atoms with van der Waals surface area (Å²) in [6, 6.07) is 0. The SMILES string of the molecule is CNCC1(CCS(=O)(=O)C(C)(C)C)CC1. The molecule has 0 heterocycles. The summed E-state index contributed by atoms with van der Waals surface area (Å²) in [4.78, 5) is 0. The van der Waals surface area contributed by atoms with E-state index in [4.69, 9.17) is 0 Å². The van der Waals surface area contributed by atoms with Crippen LogP contribution in [0.2, 0.25) is 0 Å². The van der Waals surface area contributed by atoms with Crippen LogP contribution in [0.5, 0.6) is 0 Å². The standard InChI is InChI=1S/C11H23NO2S/c1-10(2,3)15(13,14)8-7-11(5-6-11)9-12-4/h12H,5-9H2,1-4H3. The molecular formula is C11H23NO2S. The normalized spacial score (nSPS) is 20.3. The van der Waals surface area contributed by atoms with Crippen molar-refractivity contribution < 1.29 is 8.42 Å². The van der Waals surface area contributed by atoms with Crippen molar-refractivity contribution in [2.24, 2.45) is 5.41 Å². The molecule has 1 fully saturated rings. The maximum atomic E-state index is 11.9. The third-order valence-corrected chi connectivity index (χ3v) is 5.95. The van der Waals surface area contributed by atoms with E-state index in [0.717, 1.165) is 13.0 Å². The highest BCUT2D eigenvalue weighted by molar-refractivity contribution is 7.92. The Bertz CT molecular complexity index is 310. The van der Waals surface area contributed by atoms with Gasteiger partial charge in [-0.05, 0) is 52.5 Å². The quantitative estimate of drug-likeness (QED) is 0.784. The molecule has 0 radical (unpaired) electrons. The lowest BCUT2D eigenvalue weighted by molar-refractivity contribution is 0.459. The van der Waals surface area contributed by atoms with Gasteiger partial charge in [0.25, 0.3) is 0 Å². The Morgan fingerprint density at radius 1 is 1.27 bits per heavy atom. The number of sulfone groups is 1. The first kappa shape index (κ1) is 13.0. The summed E-state index contributed by atoms with van der Waals surface area (Å²) in [5, 5.41) is 3.15. The maximum Gasteiger partial charge on any atom is 0.155 e. The van der Waals surface area contributed by atoms with Crippen molar-refractivity contribution in [3.63, 3.8) is 0 Å². The van der Waals surface area contributed by atoms with Gasteiger partial charge in [0.15, 0.2) is 9.84 Å². The van der Waals surface area contributed by atoms with Crippen LogP contribution < -0.4 is 5.32 Å². The zero-order valence-electron chi connectivity index (χ0n) is 10.3. The molecule has 0 amide bonds. The Hall–Kier alpha value is -0.0900. The van der Waals surface area contributed by atoms with Gasteiger partial charge in [-0.3, -0.25) is 0 Å². The van der Waals surface area contributed by atoms with Crippen molar-refractivity contribution in [1.29, 1.82) is 0 Å². The van der Waals surface area contributed by atoms with Crippen LogP contribution in [0.3, 0.4) is 0 Å². The predicted molar refractivity (Wildman–Crippen MR) is 63.8 cm³/mol. The molecule has 1 aliphatic rings.